The molecule has 8 nitrogen and oxygen atoms in total. The van der Waals surface area contributed by atoms with Crippen LogP contribution in [0.15, 0.2) is 30.5 Å². The molecule has 3 aliphatic rings. The average molecular weight is 475 g/mol. The first-order valence-corrected chi connectivity index (χ1v) is 13.0. The van der Waals surface area contributed by atoms with Gasteiger partial charge in [-0.1, -0.05) is 25.0 Å². The van der Waals surface area contributed by atoms with Crippen LogP contribution in [0.3, 0.4) is 0 Å². The minimum Gasteiger partial charge on any atom is -0.391 e. The van der Waals surface area contributed by atoms with Crippen LogP contribution in [-0.2, 0) is 0 Å². The first-order valence-electron chi connectivity index (χ1n) is 13.0. The average Bonchev–Trinajstić information content (AvgIpc) is 3.78. The van der Waals surface area contributed by atoms with Crippen LogP contribution in [-0.4, -0.2) is 50.3 Å². The number of aliphatic hydroxyl groups is 1. The van der Waals surface area contributed by atoms with E-state index in [2.05, 4.69) is 21.0 Å². The van der Waals surface area contributed by atoms with Gasteiger partial charge in [0.25, 0.3) is 5.91 Å². The van der Waals surface area contributed by atoms with Gasteiger partial charge in [-0.2, -0.15) is 9.61 Å². The summed E-state index contributed by atoms with van der Waals surface area (Å²) in [5, 5.41) is 25.3. The number of carbonyl (C=O) groups excluding carboxylic acids is 1. The molecule has 3 fully saturated rings. The van der Waals surface area contributed by atoms with Crippen LogP contribution in [0, 0.1) is 12.8 Å². The van der Waals surface area contributed by atoms with Gasteiger partial charge in [0.05, 0.1) is 18.3 Å². The molecule has 3 aromatic rings. The molecule has 1 aromatic carbocycles. The molecule has 0 unspecified atom stereocenters. The number of aryl methyl sites for hydroxylation is 1. The normalized spacial score (nSPS) is 22.2. The second-order valence-corrected chi connectivity index (χ2v) is 10.5. The number of fused-ring (bicyclic) bond motifs is 1. The number of anilines is 2. The van der Waals surface area contributed by atoms with E-state index in [1.807, 2.05) is 41.9 Å². The molecule has 0 aliphatic heterocycles. The van der Waals surface area contributed by atoms with Gasteiger partial charge in [0.2, 0.25) is 0 Å². The number of hydrogen-bond acceptors (Lipinski definition) is 6. The zero-order valence-corrected chi connectivity index (χ0v) is 20.3. The topological polar surface area (TPSA) is 104 Å². The van der Waals surface area contributed by atoms with Crippen molar-refractivity contribution in [3.05, 3.63) is 41.6 Å². The summed E-state index contributed by atoms with van der Waals surface area (Å²) in [6, 6.07) is 8.27. The lowest BCUT2D eigenvalue weighted by Gasteiger charge is -2.29. The van der Waals surface area contributed by atoms with E-state index in [-0.39, 0.29) is 18.1 Å². The molecule has 2 atom stereocenters. The lowest BCUT2D eigenvalue weighted by molar-refractivity contribution is 0.0950. The summed E-state index contributed by atoms with van der Waals surface area (Å²) < 4.78 is 1.86. The summed E-state index contributed by atoms with van der Waals surface area (Å²) in [5.41, 5.74) is 4.31. The third kappa shape index (κ3) is 4.85. The maximum atomic E-state index is 12.6. The van der Waals surface area contributed by atoms with E-state index in [4.69, 9.17) is 4.98 Å². The Hall–Kier alpha value is -3.13. The number of aromatic nitrogens is 3. The molecule has 8 heteroatoms. The maximum absolute atomic E-state index is 12.6. The number of aliphatic hydroxyl groups excluding tert-OH is 1. The lowest BCUT2D eigenvalue weighted by Crippen LogP contribution is -2.36. The largest absolute Gasteiger partial charge is 0.391 e. The van der Waals surface area contributed by atoms with Crippen LogP contribution in [0.2, 0.25) is 0 Å². The molecule has 2 aromatic heterocycles. The lowest BCUT2D eigenvalue weighted by atomic mass is 9.92. The molecule has 3 saturated carbocycles. The first-order chi connectivity index (χ1) is 17.0. The van der Waals surface area contributed by atoms with Crippen molar-refractivity contribution in [2.75, 3.05) is 17.2 Å². The summed E-state index contributed by atoms with van der Waals surface area (Å²) >= 11 is 0. The number of amides is 1. The van der Waals surface area contributed by atoms with Crippen LogP contribution >= 0.6 is 0 Å². The Kier molecular flexibility index (Phi) is 5.84. The molecule has 35 heavy (non-hydrogen) atoms. The maximum Gasteiger partial charge on any atom is 0.251 e. The fourth-order valence-corrected chi connectivity index (χ4v) is 4.98. The molecule has 3 aliphatic carbocycles. The molecule has 0 radical (unpaired) electrons. The van der Waals surface area contributed by atoms with E-state index in [0.717, 1.165) is 85.0 Å². The van der Waals surface area contributed by atoms with E-state index in [1.54, 1.807) is 0 Å². The van der Waals surface area contributed by atoms with Crippen LogP contribution in [0.4, 0.5) is 11.6 Å². The quantitative estimate of drug-likeness (QED) is 0.391. The van der Waals surface area contributed by atoms with Crippen LogP contribution in [0.5, 0.6) is 0 Å². The fourth-order valence-electron chi connectivity index (χ4n) is 4.98. The summed E-state index contributed by atoms with van der Waals surface area (Å²) in [7, 11) is 0. The van der Waals surface area contributed by atoms with Crippen LogP contribution in [0.25, 0.3) is 16.8 Å². The first kappa shape index (κ1) is 22.3. The summed E-state index contributed by atoms with van der Waals surface area (Å²) in [6.07, 6.45) is 10.1. The highest BCUT2D eigenvalue weighted by Crippen LogP contribution is 2.32. The smallest absolute Gasteiger partial charge is 0.251 e. The predicted molar refractivity (Wildman–Crippen MR) is 137 cm³/mol. The molecule has 1 amide bonds. The molecule has 0 spiro atoms. The van der Waals surface area contributed by atoms with Crippen molar-refractivity contribution in [1.29, 1.82) is 0 Å². The zero-order chi connectivity index (χ0) is 23.9. The number of carbonyl (C=O) groups is 1. The SMILES string of the molecule is Cc1cc(-c2cnn3c(NCC4CC4)cc(N[C@@H]4CCCC[C@H]4O)nc23)ccc1C(=O)NC1CC1. The molecule has 6 rings (SSSR count). The minimum absolute atomic E-state index is 0.00127. The van der Waals surface area contributed by atoms with E-state index in [9.17, 15) is 9.90 Å². The highest BCUT2D eigenvalue weighted by Gasteiger charge is 2.26. The van der Waals surface area contributed by atoms with Gasteiger partial charge in [-0.15, -0.1) is 0 Å². The van der Waals surface area contributed by atoms with Gasteiger partial charge in [-0.3, -0.25) is 4.79 Å². The molecular weight excluding hydrogens is 440 g/mol. The van der Waals surface area contributed by atoms with Crippen molar-refractivity contribution in [2.24, 2.45) is 5.92 Å². The Morgan fingerprint density at radius 3 is 2.69 bits per heavy atom. The molecule has 4 N–H and O–H groups in total. The van der Waals surface area contributed by atoms with E-state index < -0.39 is 0 Å². The number of nitrogens with one attached hydrogen (secondary N) is 3. The van der Waals surface area contributed by atoms with Crippen LogP contribution < -0.4 is 16.0 Å². The third-order valence-electron chi connectivity index (χ3n) is 7.50. The second kappa shape index (κ2) is 9.15. The third-order valence-corrected chi connectivity index (χ3v) is 7.50. The van der Waals surface area contributed by atoms with Gasteiger partial charge >= 0.3 is 0 Å². The number of rotatable bonds is 8. The fraction of sp³-hybridized carbons (Fsp3) is 0.519. The van der Waals surface area contributed by atoms with Crippen molar-refractivity contribution in [3.63, 3.8) is 0 Å². The van der Waals surface area contributed by atoms with Crippen molar-refractivity contribution >= 4 is 23.2 Å². The van der Waals surface area contributed by atoms with Crippen LogP contribution in [0.1, 0.15) is 67.3 Å². The van der Waals surface area contributed by atoms with Gasteiger partial charge < -0.3 is 21.1 Å². The van der Waals surface area contributed by atoms with Gasteiger partial charge in [0.15, 0.2) is 5.65 Å². The minimum atomic E-state index is -0.356. The monoisotopic (exact) mass is 474 g/mol. The summed E-state index contributed by atoms with van der Waals surface area (Å²) in [4.78, 5) is 17.5. The molecular formula is C27H34N6O2. The van der Waals surface area contributed by atoms with E-state index in [1.165, 1.54) is 12.8 Å². The van der Waals surface area contributed by atoms with Crippen molar-refractivity contribution in [3.8, 4) is 11.1 Å². The van der Waals surface area contributed by atoms with E-state index in [0.29, 0.717) is 11.6 Å². The van der Waals surface area contributed by atoms with Crippen molar-refractivity contribution in [1.82, 2.24) is 19.9 Å². The molecule has 2 heterocycles. The van der Waals surface area contributed by atoms with Gasteiger partial charge in [0, 0.05) is 29.8 Å². The summed E-state index contributed by atoms with van der Waals surface area (Å²) in [6.45, 7) is 2.90. The Balaban J connectivity index is 1.34. The molecule has 0 bridgehead atoms. The Morgan fingerprint density at radius 2 is 1.94 bits per heavy atom. The number of hydrogen-bond donors (Lipinski definition) is 4. The standard InChI is InChI=1S/C27H34N6O2/c1-16-12-18(8-11-20(16)27(35)30-19-9-10-19)21-15-29-33-25(28-14-17-6-7-17)13-24(32-26(21)33)31-22-4-2-3-5-23(22)34/h8,11-13,15,17,19,22-23,28,34H,2-7,9-10,14H2,1H3,(H,30,35)(H,31,32)/t22-,23-/m1/s1. The summed E-state index contributed by atoms with van der Waals surface area (Å²) in [5.74, 6) is 2.37. The highest BCUT2D eigenvalue weighted by atomic mass is 16.3. The van der Waals surface area contributed by atoms with Gasteiger partial charge in [-0.05, 0) is 68.6 Å². The Bertz CT molecular complexity index is 1250. The Labute approximate surface area is 205 Å². The highest BCUT2D eigenvalue weighted by molar-refractivity contribution is 5.97. The number of benzene rings is 1. The van der Waals surface area contributed by atoms with E-state index >= 15 is 0 Å². The van der Waals surface area contributed by atoms with Gasteiger partial charge in [0.1, 0.15) is 11.6 Å². The van der Waals surface area contributed by atoms with Crippen molar-refractivity contribution in [2.45, 2.75) is 76.5 Å². The Morgan fingerprint density at radius 1 is 1.11 bits per heavy atom. The number of nitrogens with zero attached hydrogens (tertiary/aromatic N) is 3. The van der Waals surface area contributed by atoms with Gasteiger partial charge in [-0.25, -0.2) is 4.98 Å². The second-order valence-electron chi connectivity index (χ2n) is 10.5. The van der Waals surface area contributed by atoms with Crippen molar-refractivity contribution < 1.29 is 9.90 Å². The zero-order valence-electron chi connectivity index (χ0n) is 20.3. The molecule has 184 valence electrons. The molecule has 0 saturated heterocycles. The predicted octanol–water partition coefficient (Wildman–Crippen LogP) is 4.13.